The van der Waals surface area contributed by atoms with Gasteiger partial charge in [-0.1, -0.05) is 63.8 Å². The van der Waals surface area contributed by atoms with E-state index in [0.717, 1.165) is 11.8 Å². The summed E-state index contributed by atoms with van der Waals surface area (Å²) in [5.41, 5.74) is 2.51. The lowest BCUT2D eigenvalue weighted by Crippen LogP contribution is -2.32. The predicted octanol–water partition coefficient (Wildman–Crippen LogP) is 9.10. The van der Waals surface area contributed by atoms with Gasteiger partial charge in [-0.2, -0.15) is 8.78 Å². The van der Waals surface area contributed by atoms with Crippen LogP contribution in [0.25, 0.3) is 0 Å². The van der Waals surface area contributed by atoms with Crippen molar-refractivity contribution >= 4 is 0 Å². The van der Waals surface area contributed by atoms with Crippen LogP contribution < -0.4 is 9.47 Å². The average molecular weight is 471 g/mol. The van der Waals surface area contributed by atoms with Crippen LogP contribution in [0.2, 0.25) is 0 Å². The summed E-state index contributed by atoms with van der Waals surface area (Å²) in [4.78, 5) is 0. The molecular weight excluding hydrogens is 430 g/mol. The summed E-state index contributed by atoms with van der Waals surface area (Å²) < 4.78 is 39.2. The Labute approximate surface area is 204 Å². The van der Waals surface area contributed by atoms with Crippen LogP contribution in [0.1, 0.15) is 101 Å². The second-order valence-electron chi connectivity index (χ2n) is 10.6. The first-order chi connectivity index (χ1) is 16.4. The summed E-state index contributed by atoms with van der Waals surface area (Å²) in [7, 11) is 0. The maximum Gasteiger partial charge on any atom is 0.432 e. The molecule has 0 aromatic heterocycles. The first kappa shape index (κ1) is 25.0. The SMILES string of the molecule is CCCC1CCC(c2ccc(OC(F)(F)COc3ccc(C4CCC(C)CC4)cc3)cc2)CC1. The fourth-order valence-electron chi connectivity index (χ4n) is 5.80. The van der Waals surface area contributed by atoms with Crippen molar-refractivity contribution in [3.63, 3.8) is 0 Å². The fraction of sp³-hybridized carbons (Fsp3) is 0.600. The van der Waals surface area contributed by atoms with Gasteiger partial charge >= 0.3 is 6.11 Å². The van der Waals surface area contributed by atoms with Gasteiger partial charge in [-0.05, 0) is 97.6 Å². The van der Waals surface area contributed by atoms with Gasteiger partial charge < -0.3 is 9.47 Å². The standard InChI is InChI=1S/C30H40F2O2/c1-3-4-23-7-11-25(12-8-23)27-15-19-29(20-16-27)34-30(31,32)21-33-28-17-13-26(14-18-28)24-9-5-22(2)6-10-24/h13-20,22-25H,3-12,21H2,1-2H3. The molecule has 2 fully saturated rings. The number of benzene rings is 2. The first-order valence-corrected chi connectivity index (χ1v) is 13.3. The predicted molar refractivity (Wildman–Crippen MR) is 134 cm³/mol. The minimum atomic E-state index is -3.39. The van der Waals surface area contributed by atoms with Crippen molar-refractivity contribution in [3.8, 4) is 11.5 Å². The van der Waals surface area contributed by atoms with Crippen molar-refractivity contribution in [2.75, 3.05) is 6.61 Å². The zero-order chi connectivity index (χ0) is 24.0. The van der Waals surface area contributed by atoms with E-state index in [-0.39, 0.29) is 5.75 Å². The summed E-state index contributed by atoms with van der Waals surface area (Å²) in [5, 5.41) is 0. The lowest BCUT2D eigenvalue weighted by molar-refractivity contribution is -0.195. The second kappa shape index (κ2) is 11.6. The third-order valence-corrected chi connectivity index (χ3v) is 7.94. The molecule has 2 aliphatic carbocycles. The molecule has 4 heteroatoms. The largest absolute Gasteiger partial charge is 0.483 e. The van der Waals surface area contributed by atoms with Gasteiger partial charge in [0, 0.05) is 0 Å². The van der Waals surface area contributed by atoms with Crippen LogP contribution in [-0.4, -0.2) is 12.7 Å². The zero-order valence-electron chi connectivity index (χ0n) is 20.8. The molecule has 0 aliphatic heterocycles. The van der Waals surface area contributed by atoms with Crippen molar-refractivity contribution in [1.82, 2.24) is 0 Å². The molecule has 0 bridgehead atoms. The molecule has 2 aliphatic rings. The third-order valence-electron chi connectivity index (χ3n) is 7.94. The molecule has 2 aromatic rings. The van der Waals surface area contributed by atoms with Crippen molar-refractivity contribution in [2.45, 2.75) is 96.0 Å². The molecule has 186 valence electrons. The monoisotopic (exact) mass is 470 g/mol. The normalized spacial score (nSPS) is 25.6. The molecule has 0 radical (unpaired) electrons. The average Bonchev–Trinajstić information content (AvgIpc) is 2.85. The molecule has 0 amide bonds. The summed E-state index contributed by atoms with van der Waals surface area (Å²) >= 11 is 0. The minimum Gasteiger partial charge on any atom is -0.483 e. The molecule has 2 nitrogen and oxygen atoms in total. The number of alkyl halides is 2. The van der Waals surface area contributed by atoms with Gasteiger partial charge in [-0.25, -0.2) is 0 Å². The molecule has 0 unspecified atom stereocenters. The second-order valence-corrected chi connectivity index (χ2v) is 10.6. The molecular formula is C30H40F2O2. The van der Waals surface area contributed by atoms with E-state index < -0.39 is 12.7 Å². The zero-order valence-corrected chi connectivity index (χ0v) is 20.8. The summed E-state index contributed by atoms with van der Waals surface area (Å²) in [5.74, 6) is 3.40. The van der Waals surface area contributed by atoms with Crippen LogP contribution in [0.5, 0.6) is 11.5 Å². The van der Waals surface area contributed by atoms with E-state index in [0.29, 0.717) is 17.6 Å². The maximum absolute atomic E-state index is 14.4. The van der Waals surface area contributed by atoms with Crippen molar-refractivity contribution in [2.24, 2.45) is 11.8 Å². The molecule has 34 heavy (non-hydrogen) atoms. The van der Waals surface area contributed by atoms with Crippen LogP contribution >= 0.6 is 0 Å². The number of hydrogen-bond donors (Lipinski definition) is 0. The number of hydrogen-bond acceptors (Lipinski definition) is 2. The van der Waals surface area contributed by atoms with Crippen LogP contribution in [0.4, 0.5) is 8.78 Å². The number of rotatable bonds is 9. The van der Waals surface area contributed by atoms with Crippen LogP contribution in [0.15, 0.2) is 48.5 Å². The lowest BCUT2D eigenvalue weighted by atomic mass is 9.77. The Hall–Kier alpha value is -2.10. The summed E-state index contributed by atoms with van der Waals surface area (Å²) in [6, 6.07) is 14.9. The van der Waals surface area contributed by atoms with Crippen LogP contribution in [0, 0.1) is 11.8 Å². The first-order valence-electron chi connectivity index (χ1n) is 13.3. The smallest absolute Gasteiger partial charge is 0.432 e. The molecule has 0 atom stereocenters. The summed E-state index contributed by atoms with van der Waals surface area (Å²) in [6.07, 6.45) is 9.02. The Morgan fingerprint density at radius 2 is 1.24 bits per heavy atom. The van der Waals surface area contributed by atoms with Crippen molar-refractivity contribution in [1.29, 1.82) is 0 Å². The van der Waals surface area contributed by atoms with E-state index in [1.807, 2.05) is 24.3 Å². The Morgan fingerprint density at radius 3 is 1.76 bits per heavy atom. The molecule has 0 heterocycles. The highest BCUT2D eigenvalue weighted by Crippen LogP contribution is 2.38. The van der Waals surface area contributed by atoms with E-state index in [2.05, 4.69) is 13.8 Å². The quantitative estimate of drug-likeness (QED) is 0.364. The summed E-state index contributed by atoms with van der Waals surface area (Å²) in [6.45, 7) is 3.75. The van der Waals surface area contributed by atoms with Gasteiger partial charge in [0.05, 0.1) is 0 Å². The fourth-order valence-corrected chi connectivity index (χ4v) is 5.80. The molecule has 4 rings (SSSR count). The molecule has 2 saturated carbocycles. The van der Waals surface area contributed by atoms with Crippen molar-refractivity contribution in [3.05, 3.63) is 59.7 Å². The highest BCUT2D eigenvalue weighted by molar-refractivity contribution is 5.31. The maximum atomic E-state index is 14.4. The van der Waals surface area contributed by atoms with Crippen LogP contribution in [0.3, 0.4) is 0 Å². The van der Waals surface area contributed by atoms with Gasteiger partial charge in [0.15, 0.2) is 6.61 Å². The highest BCUT2D eigenvalue weighted by Gasteiger charge is 2.33. The van der Waals surface area contributed by atoms with Crippen molar-refractivity contribution < 1.29 is 18.3 Å². The molecule has 0 saturated heterocycles. The van der Waals surface area contributed by atoms with E-state index in [1.54, 1.807) is 24.3 Å². The Kier molecular flexibility index (Phi) is 8.50. The molecule has 0 N–H and O–H groups in total. The van der Waals surface area contributed by atoms with E-state index >= 15 is 0 Å². The van der Waals surface area contributed by atoms with Gasteiger partial charge in [0.1, 0.15) is 11.5 Å². The Bertz CT molecular complexity index is 862. The lowest BCUT2D eigenvalue weighted by Gasteiger charge is -2.28. The Morgan fingerprint density at radius 1 is 0.735 bits per heavy atom. The topological polar surface area (TPSA) is 18.5 Å². The van der Waals surface area contributed by atoms with Gasteiger partial charge in [0.25, 0.3) is 0 Å². The minimum absolute atomic E-state index is 0.180. The van der Waals surface area contributed by atoms with E-state index in [9.17, 15) is 8.78 Å². The Balaban J connectivity index is 1.24. The van der Waals surface area contributed by atoms with Gasteiger partial charge in [0.2, 0.25) is 0 Å². The number of halogens is 2. The van der Waals surface area contributed by atoms with Gasteiger partial charge in [-0.3, -0.25) is 0 Å². The molecule has 0 spiro atoms. The van der Waals surface area contributed by atoms with Gasteiger partial charge in [-0.15, -0.1) is 0 Å². The highest BCUT2D eigenvalue weighted by atomic mass is 19.3. The van der Waals surface area contributed by atoms with E-state index in [4.69, 9.17) is 9.47 Å². The van der Waals surface area contributed by atoms with E-state index in [1.165, 1.54) is 75.3 Å². The number of ether oxygens (including phenoxy) is 2. The molecule has 2 aromatic carbocycles. The third kappa shape index (κ3) is 6.96. The van der Waals surface area contributed by atoms with Crippen LogP contribution in [-0.2, 0) is 0 Å².